The van der Waals surface area contributed by atoms with E-state index < -0.39 is 10.8 Å². The number of hydrogen-bond acceptors (Lipinski definition) is 4. The number of rotatable bonds is 3. The Morgan fingerprint density at radius 2 is 2.30 bits per heavy atom. The lowest BCUT2D eigenvalue weighted by atomic mass is 9.74. The average molecular weight is 276 g/mol. The minimum atomic E-state index is -0.934. The molecule has 0 aromatic carbocycles. The van der Waals surface area contributed by atoms with Crippen molar-refractivity contribution in [3.63, 3.8) is 0 Å². The van der Waals surface area contributed by atoms with E-state index in [1.165, 1.54) is 0 Å². The maximum Gasteiger partial charge on any atom is 0.327 e. The van der Waals surface area contributed by atoms with E-state index in [9.17, 15) is 14.9 Å². The molecular weight excluding hydrogens is 256 g/mol. The van der Waals surface area contributed by atoms with Gasteiger partial charge in [0.05, 0.1) is 12.1 Å². The minimum Gasteiger partial charge on any atom is -0.459 e. The standard InChI is InChI=1S/C15H20N2O3/c1-4-14(2,3)12(18)17-10-8-5-9-11(10)20-13(19)15(9,6-8)7-16/h8-11H,4-6H2,1-3H3,(H,17,18). The van der Waals surface area contributed by atoms with Crippen LogP contribution in [0.15, 0.2) is 0 Å². The van der Waals surface area contributed by atoms with Crippen molar-refractivity contribution in [1.82, 2.24) is 5.32 Å². The van der Waals surface area contributed by atoms with Crippen LogP contribution < -0.4 is 5.32 Å². The molecule has 3 fully saturated rings. The van der Waals surface area contributed by atoms with Gasteiger partial charge in [0.25, 0.3) is 0 Å². The highest BCUT2D eigenvalue weighted by molar-refractivity contribution is 5.86. The molecule has 3 aliphatic rings. The van der Waals surface area contributed by atoms with Crippen molar-refractivity contribution in [1.29, 1.82) is 5.26 Å². The summed E-state index contributed by atoms with van der Waals surface area (Å²) in [6.45, 7) is 5.81. The fourth-order valence-corrected chi connectivity index (χ4v) is 3.88. The van der Waals surface area contributed by atoms with Crippen molar-refractivity contribution in [2.75, 3.05) is 0 Å². The van der Waals surface area contributed by atoms with E-state index >= 15 is 0 Å². The van der Waals surface area contributed by atoms with Gasteiger partial charge in [-0.05, 0) is 25.2 Å². The van der Waals surface area contributed by atoms with Gasteiger partial charge in [-0.1, -0.05) is 20.8 Å². The third-order valence-corrected chi connectivity index (χ3v) is 5.64. The highest BCUT2D eigenvalue weighted by atomic mass is 16.6. The summed E-state index contributed by atoms with van der Waals surface area (Å²) in [5, 5.41) is 12.4. The molecule has 108 valence electrons. The second-order valence-corrected chi connectivity index (χ2v) is 7.00. The van der Waals surface area contributed by atoms with Crippen LogP contribution in [-0.4, -0.2) is 24.0 Å². The largest absolute Gasteiger partial charge is 0.459 e. The Labute approximate surface area is 118 Å². The molecule has 5 atom stereocenters. The quantitative estimate of drug-likeness (QED) is 0.790. The Bertz CT molecular complexity index is 522. The Balaban J connectivity index is 1.80. The summed E-state index contributed by atoms with van der Waals surface area (Å²) in [5.74, 6) is -0.236. The molecule has 0 aromatic heterocycles. The molecule has 2 aliphatic carbocycles. The summed E-state index contributed by atoms with van der Waals surface area (Å²) in [6.07, 6.45) is 1.78. The van der Waals surface area contributed by atoms with E-state index in [-0.39, 0.29) is 35.9 Å². The zero-order valence-electron chi connectivity index (χ0n) is 12.1. The summed E-state index contributed by atoms with van der Waals surface area (Å²) >= 11 is 0. The normalized spacial score (nSPS) is 41.4. The summed E-state index contributed by atoms with van der Waals surface area (Å²) in [6, 6.07) is 2.06. The predicted octanol–water partition coefficient (Wildman–Crippen LogP) is 1.38. The SMILES string of the molecule is CCC(C)(C)C(=O)NC1C2CC3C1OC(=O)C3(C#N)C2. The molecule has 1 N–H and O–H groups in total. The van der Waals surface area contributed by atoms with Gasteiger partial charge in [0, 0.05) is 11.3 Å². The number of amides is 1. The Hall–Kier alpha value is -1.57. The molecule has 20 heavy (non-hydrogen) atoms. The molecule has 0 spiro atoms. The average Bonchev–Trinajstić information content (AvgIpc) is 3.00. The van der Waals surface area contributed by atoms with Crippen LogP contribution in [0.2, 0.25) is 0 Å². The number of hydrogen-bond donors (Lipinski definition) is 1. The second kappa shape index (κ2) is 3.97. The number of ether oxygens (including phenoxy) is 1. The van der Waals surface area contributed by atoms with Gasteiger partial charge in [0.15, 0.2) is 5.41 Å². The van der Waals surface area contributed by atoms with Gasteiger partial charge in [-0.3, -0.25) is 9.59 Å². The molecule has 5 heteroatoms. The lowest BCUT2D eigenvalue weighted by Gasteiger charge is -2.31. The van der Waals surface area contributed by atoms with E-state index in [2.05, 4.69) is 11.4 Å². The van der Waals surface area contributed by atoms with Crippen LogP contribution in [0, 0.1) is 34.0 Å². The molecule has 5 unspecified atom stereocenters. The summed E-state index contributed by atoms with van der Waals surface area (Å²) in [4.78, 5) is 24.3. The zero-order chi connectivity index (χ0) is 14.7. The van der Waals surface area contributed by atoms with E-state index in [1.54, 1.807) is 0 Å². The molecule has 2 bridgehead atoms. The van der Waals surface area contributed by atoms with Crippen LogP contribution in [0.1, 0.15) is 40.0 Å². The Morgan fingerprint density at radius 1 is 1.60 bits per heavy atom. The van der Waals surface area contributed by atoms with Gasteiger partial charge in [-0.2, -0.15) is 5.26 Å². The van der Waals surface area contributed by atoms with Crippen molar-refractivity contribution in [3.05, 3.63) is 0 Å². The van der Waals surface area contributed by atoms with E-state index in [1.807, 2.05) is 20.8 Å². The van der Waals surface area contributed by atoms with Gasteiger partial charge in [-0.25, -0.2) is 0 Å². The van der Waals surface area contributed by atoms with Gasteiger partial charge in [0.1, 0.15) is 6.10 Å². The molecular formula is C15H20N2O3. The molecule has 1 heterocycles. The fourth-order valence-electron chi connectivity index (χ4n) is 3.88. The first-order valence-corrected chi connectivity index (χ1v) is 7.29. The third-order valence-electron chi connectivity index (χ3n) is 5.64. The zero-order valence-corrected chi connectivity index (χ0v) is 12.1. The number of esters is 1. The van der Waals surface area contributed by atoms with Crippen LogP contribution in [0.25, 0.3) is 0 Å². The lowest BCUT2D eigenvalue weighted by Crippen LogP contribution is -2.51. The summed E-state index contributed by atoms with van der Waals surface area (Å²) < 4.78 is 5.42. The summed E-state index contributed by atoms with van der Waals surface area (Å²) in [5.41, 5.74) is -1.35. The molecule has 5 nitrogen and oxygen atoms in total. The van der Waals surface area contributed by atoms with Crippen LogP contribution in [0.5, 0.6) is 0 Å². The van der Waals surface area contributed by atoms with E-state index in [0.29, 0.717) is 6.42 Å². The first-order chi connectivity index (χ1) is 9.35. The number of nitriles is 1. The highest BCUT2D eigenvalue weighted by Crippen LogP contribution is 2.61. The van der Waals surface area contributed by atoms with E-state index in [0.717, 1.165) is 12.8 Å². The number of nitrogens with one attached hydrogen (secondary N) is 1. The number of carbonyl (C=O) groups excluding carboxylic acids is 2. The topological polar surface area (TPSA) is 79.2 Å². The second-order valence-electron chi connectivity index (χ2n) is 7.00. The molecule has 2 saturated carbocycles. The monoisotopic (exact) mass is 276 g/mol. The minimum absolute atomic E-state index is 0.00283. The number of fused-ring (bicyclic) bond motifs is 1. The summed E-state index contributed by atoms with van der Waals surface area (Å²) in [7, 11) is 0. The maximum atomic E-state index is 12.3. The number of nitrogens with zero attached hydrogens (tertiary/aromatic N) is 1. The fraction of sp³-hybridized carbons (Fsp3) is 0.800. The van der Waals surface area contributed by atoms with Gasteiger partial charge in [-0.15, -0.1) is 0 Å². The van der Waals surface area contributed by atoms with Gasteiger partial charge < -0.3 is 10.1 Å². The molecule has 1 saturated heterocycles. The molecule has 1 amide bonds. The van der Waals surface area contributed by atoms with Crippen molar-refractivity contribution in [2.24, 2.45) is 22.7 Å². The molecule has 0 radical (unpaired) electrons. The lowest BCUT2D eigenvalue weighted by molar-refractivity contribution is -0.146. The van der Waals surface area contributed by atoms with E-state index in [4.69, 9.17) is 4.74 Å². The maximum absolute atomic E-state index is 12.3. The van der Waals surface area contributed by atoms with Gasteiger partial charge >= 0.3 is 5.97 Å². The van der Waals surface area contributed by atoms with Crippen LogP contribution in [0.3, 0.4) is 0 Å². The smallest absolute Gasteiger partial charge is 0.327 e. The van der Waals surface area contributed by atoms with Crippen LogP contribution in [0.4, 0.5) is 0 Å². The first kappa shape index (κ1) is 13.4. The van der Waals surface area contributed by atoms with Crippen molar-refractivity contribution in [2.45, 2.75) is 52.2 Å². The Morgan fingerprint density at radius 3 is 2.90 bits per heavy atom. The first-order valence-electron chi connectivity index (χ1n) is 7.29. The highest BCUT2D eigenvalue weighted by Gasteiger charge is 2.71. The molecule has 3 rings (SSSR count). The van der Waals surface area contributed by atoms with Gasteiger partial charge in [0.2, 0.25) is 5.91 Å². The predicted molar refractivity (Wildman–Crippen MR) is 70.1 cm³/mol. The third kappa shape index (κ3) is 1.48. The van der Waals surface area contributed by atoms with Crippen LogP contribution in [-0.2, 0) is 14.3 Å². The van der Waals surface area contributed by atoms with Crippen molar-refractivity contribution < 1.29 is 14.3 Å². The number of carbonyl (C=O) groups is 2. The van der Waals surface area contributed by atoms with Crippen molar-refractivity contribution in [3.8, 4) is 6.07 Å². The Kier molecular flexibility index (Phi) is 2.66. The van der Waals surface area contributed by atoms with Crippen molar-refractivity contribution >= 4 is 11.9 Å². The molecule has 0 aromatic rings. The van der Waals surface area contributed by atoms with Crippen LogP contribution >= 0.6 is 0 Å². The molecule has 1 aliphatic heterocycles.